The molecule has 4 heterocycles. The average Bonchev–Trinajstić information content (AvgIpc) is 3.40. The summed E-state index contributed by atoms with van der Waals surface area (Å²) >= 11 is 0. The molecule has 0 aliphatic carbocycles. The number of likely N-dealkylation sites (tertiary alicyclic amines) is 1. The van der Waals surface area contributed by atoms with Gasteiger partial charge in [0.2, 0.25) is 11.0 Å². The van der Waals surface area contributed by atoms with Gasteiger partial charge in [-0.25, -0.2) is 8.42 Å². The van der Waals surface area contributed by atoms with Gasteiger partial charge < -0.3 is 9.32 Å². The first-order valence-corrected chi connectivity index (χ1v) is 10.3. The van der Waals surface area contributed by atoms with Gasteiger partial charge in [-0.3, -0.25) is 9.89 Å². The topological polar surface area (TPSA) is 99.5 Å². The van der Waals surface area contributed by atoms with Crippen molar-refractivity contribution in [3.05, 3.63) is 24.4 Å². The summed E-state index contributed by atoms with van der Waals surface area (Å²) in [5.41, 5.74) is 0.0478. The van der Waals surface area contributed by atoms with Crippen LogP contribution in [0.15, 0.2) is 33.9 Å². The Morgan fingerprint density at radius 2 is 2.08 bits per heavy atom. The van der Waals surface area contributed by atoms with Crippen molar-refractivity contribution >= 4 is 15.9 Å². The first-order valence-electron chi connectivity index (χ1n) is 8.85. The number of carbonyl (C=O) groups excluding carboxylic acids is 1. The second kappa shape index (κ2) is 6.24. The molecule has 2 aliphatic rings. The highest BCUT2D eigenvalue weighted by atomic mass is 32.2. The van der Waals surface area contributed by atoms with Crippen molar-refractivity contribution in [1.82, 2.24) is 19.4 Å². The van der Waals surface area contributed by atoms with Crippen LogP contribution >= 0.6 is 0 Å². The molecule has 8 nitrogen and oxygen atoms in total. The number of hydrogen-bond donors (Lipinski definition) is 1. The van der Waals surface area contributed by atoms with Gasteiger partial charge >= 0.3 is 0 Å². The van der Waals surface area contributed by atoms with Crippen molar-refractivity contribution < 1.29 is 17.6 Å². The number of nitrogens with zero attached hydrogens (tertiary/aromatic N) is 3. The number of nitrogens with one attached hydrogen (secondary N) is 1. The third-order valence-electron chi connectivity index (χ3n) is 5.36. The Morgan fingerprint density at radius 3 is 2.81 bits per heavy atom. The van der Waals surface area contributed by atoms with Crippen molar-refractivity contribution in [3.8, 4) is 11.5 Å². The van der Waals surface area contributed by atoms with Gasteiger partial charge in [0.25, 0.3) is 10.0 Å². The summed E-state index contributed by atoms with van der Waals surface area (Å²) in [7, 11) is -3.76. The first-order chi connectivity index (χ1) is 12.5. The number of aromatic nitrogens is 2. The number of aromatic amines is 1. The molecule has 0 saturated carbocycles. The molecule has 26 heavy (non-hydrogen) atoms. The lowest BCUT2D eigenvalue weighted by Gasteiger charge is -2.23. The van der Waals surface area contributed by atoms with Crippen LogP contribution in [-0.2, 0) is 14.8 Å². The van der Waals surface area contributed by atoms with Crippen molar-refractivity contribution in [2.45, 2.75) is 31.3 Å². The zero-order chi connectivity index (χ0) is 18.4. The third kappa shape index (κ3) is 2.66. The molecule has 140 valence electrons. The molecule has 2 fully saturated rings. The van der Waals surface area contributed by atoms with Gasteiger partial charge in [0.1, 0.15) is 5.69 Å². The van der Waals surface area contributed by atoms with Crippen molar-refractivity contribution in [1.29, 1.82) is 0 Å². The van der Waals surface area contributed by atoms with Crippen LogP contribution in [0.2, 0.25) is 0 Å². The highest BCUT2D eigenvalue weighted by molar-refractivity contribution is 7.89. The molecular formula is C17H22N4O4S. The van der Waals surface area contributed by atoms with E-state index in [1.807, 2.05) is 11.8 Å². The van der Waals surface area contributed by atoms with E-state index in [4.69, 9.17) is 4.42 Å². The molecule has 2 aromatic rings. The quantitative estimate of drug-likeness (QED) is 0.853. The SMILES string of the molecule is CCCN1CCC2(CCN(S(=O)(=O)c3ccc(-c4ccn[nH]4)o3)C2)C1=O. The van der Waals surface area contributed by atoms with Crippen LogP contribution < -0.4 is 0 Å². The molecule has 0 aromatic carbocycles. The molecule has 2 aromatic heterocycles. The molecule has 1 unspecified atom stereocenters. The second-order valence-corrected chi connectivity index (χ2v) is 8.87. The molecule has 4 rings (SSSR count). The Morgan fingerprint density at radius 1 is 1.27 bits per heavy atom. The number of sulfonamides is 1. The van der Waals surface area contributed by atoms with E-state index in [1.165, 1.54) is 10.4 Å². The predicted octanol–water partition coefficient (Wildman–Crippen LogP) is 1.69. The summed E-state index contributed by atoms with van der Waals surface area (Å²) in [6, 6.07) is 4.77. The van der Waals surface area contributed by atoms with E-state index >= 15 is 0 Å². The van der Waals surface area contributed by atoms with Crippen LogP contribution in [0.25, 0.3) is 11.5 Å². The zero-order valence-corrected chi connectivity index (χ0v) is 15.5. The maximum atomic E-state index is 13.0. The standard InChI is InChI=1S/C17H22N4O4S/c1-2-9-20-10-6-17(16(20)22)7-11-21(12-17)26(23,24)15-4-3-14(25-15)13-5-8-18-19-13/h3-5,8H,2,6-7,9-12H2,1H3,(H,18,19). The van der Waals surface area contributed by atoms with Crippen LogP contribution in [0.4, 0.5) is 0 Å². The van der Waals surface area contributed by atoms with E-state index in [-0.39, 0.29) is 17.5 Å². The van der Waals surface area contributed by atoms with Crippen LogP contribution in [0.3, 0.4) is 0 Å². The van der Waals surface area contributed by atoms with E-state index in [9.17, 15) is 13.2 Å². The molecule has 2 saturated heterocycles. The summed E-state index contributed by atoms with van der Waals surface area (Å²) in [5, 5.41) is 6.48. The summed E-state index contributed by atoms with van der Waals surface area (Å²) in [5.74, 6) is 0.510. The van der Waals surface area contributed by atoms with E-state index in [1.54, 1.807) is 18.3 Å². The number of furan rings is 1. The third-order valence-corrected chi connectivity index (χ3v) is 7.07. The van der Waals surface area contributed by atoms with Crippen molar-refractivity contribution in [2.75, 3.05) is 26.2 Å². The fourth-order valence-electron chi connectivity index (χ4n) is 3.92. The van der Waals surface area contributed by atoms with Gasteiger partial charge in [-0.15, -0.1) is 0 Å². The summed E-state index contributed by atoms with van der Waals surface area (Å²) in [4.78, 5) is 14.6. The number of amides is 1. The maximum absolute atomic E-state index is 13.0. The normalized spacial score (nSPS) is 24.2. The molecule has 1 amide bonds. The summed E-state index contributed by atoms with van der Waals surface area (Å²) < 4.78 is 32.8. The minimum atomic E-state index is -3.76. The van der Waals surface area contributed by atoms with Gasteiger partial charge in [0.05, 0.1) is 5.41 Å². The lowest BCUT2D eigenvalue weighted by Crippen LogP contribution is -2.38. The number of rotatable bonds is 5. The Kier molecular flexibility index (Phi) is 4.15. The molecule has 0 bridgehead atoms. The van der Waals surface area contributed by atoms with E-state index in [2.05, 4.69) is 10.2 Å². The van der Waals surface area contributed by atoms with E-state index in [0.717, 1.165) is 19.4 Å². The maximum Gasteiger partial charge on any atom is 0.276 e. The molecule has 1 N–H and O–H groups in total. The van der Waals surface area contributed by atoms with E-state index < -0.39 is 15.4 Å². The lowest BCUT2D eigenvalue weighted by atomic mass is 9.86. The van der Waals surface area contributed by atoms with Crippen LogP contribution in [0, 0.1) is 5.41 Å². The van der Waals surface area contributed by atoms with Crippen molar-refractivity contribution in [3.63, 3.8) is 0 Å². The minimum absolute atomic E-state index is 0.0923. The fraction of sp³-hybridized carbons (Fsp3) is 0.529. The number of carbonyl (C=O) groups is 1. The molecule has 1 atom stereocenters. The average molecular weight is 378 g/mol. The van der Waals surface area contributed by atoms with Gasteiger partial charge in [0.15, 0.2) is 5.76 Å². The van der Waals surface area contributed by atoms with E-state index in [0.29, 0.717) is 31.0 Å². The Bertz CT molecular complexity index is 905. The minimum Gasteiger partial charge on any atom is -0.442 e. The largest absolute Gasteiger partial charge is 0.442 e. The fourth-order valence-corrected chi connectivity index (χ4v) is 5.36. The summed E-state index contributed by atoms with van der Waals surface area (Å²) in [6.45, 7) is 4.06. The molecule has 1 spiro atoms. The number of hydrogen-bond acceptors (Lipinski definition) is 5. The highest BCUT2D eigenvalue weighted by Crippen LogP contribution is 2.42. The van der Waals surface area contributed by atoms with Gasteiger partial charge in [-0.05, 0) is 37.5 Å². The molecule has 0 radical (unpaired) electrons. The van der Waals surface area contributed by atoms with Gasteiger partial charge in [0, 0.05) is 32.4 Å². The lowest BCUT2D eigenvalue weighted by molar-refractivity contribution is -0.135. The number of H-pyrrole nitrogens is 1. The zero-order valence-electron chi connectivity index (χ0n) is 14.6. The highest BCUT2D eigenvalue weighted by Gasteiger charge is 2.53. The predicted molar refractivity (Wildman–Crippen MR) is 93.6 cm³/mol. The van der Waals surface area contributed by atoms with Crippen molar-refractivity contribution in [2.24, 2.45) is 5.41 Å². The summed E-state index contributed by atoms with van der Waals surface area (Å²) in [6.07, 6.45) is 3.77. The smallest absolute Gasteiger partial charge is 0.276 e. The monoisotopic (exact) mass is 378 g/mol. The molecular weight excluding hydrogens is 356 g/mol. The Balaban J connectivity index is 1.54. The van der Waals surface area contributed by atoms with Crippen LogP contribution in [0.1, 0.15) is 26.2 Å². The van der Waals surface area contributed by atoms with Gasteiger partial charge in [-0.2, -0.15) is 9.40 Å². The molecule has 9 heteroatoms. The second-order valence-electron chi connectivity index (χ2n) is 7.00. The first kappa shape index (κ1) is 17.3. The Hall–Kier alpha value is -2.13. The van der Waals surface area contributed by atoms with Crippen LogP contribution in [-0.4, -0.2) is 59.9 Å². The Labute approximate surface area is 152 Å². The molecule has 2 aliphatic heterocycles. The van der Waals surface area contributed by atoms with Gasteiger partial charge in [-0.1, -0.05) is 6.92 Å². The van der Waals surface area contributed by atoms with Crippen LogP contribution in [0.5, 0.6) is 0 Å².